The Kier molecular flexibility index (Phi) is 3.50. The summed E-state index contributed by atoms with van der Waals surface area (Å²) in [6.07, 6.45) is 3.27. The number of ether oxygens (including phenoxy) is 1. The van der Waals surface area contributed by atoms with Crippen LogP contribution in [0.3, 0.4) is 0 Å². The second-order valence-corrected chi connectivity index (χ2v) is 4.79. The Balaban J connectivity index is 2.22. The van der Waals surface area contributed by atoms with Gasteiger partial charge < -0.3 is 15.0 Å². The summed E-state index contributed by atoms with van der Waals surface area (Å²) in [5.41, 5.74) is 8.78. The van der Waals surface area contributed by atoms with Crippen LogP contribution in [0.5, 0.6) is 5.75 Å². The Morgan fingerprint density at radius 1 is 1.29 bits per heavy atom. The lowest BCUT2D eigenvalue weighted by molar-refractivity contribution is 0.412. The van der Waals surface area contributed by atoms with E-state index in [1.54, 1.807) is 31.6 Å². The van der Waals surface area contributed by atoms with Crippen LogP contribution in [0.25, 0.3) is 22.4 Å². The molecule has 0 amide bonds. The van der Waals surface area contributed by atoms with Gasteiger partial charge in [0.25, 0.3) is 0 Å². The zero-order valence-electron chi connectivity index (χ0n) is 11.2. The minimum atomic E-state index is 0.228. The van der Waals surface area contributed by atoms with E-state index < -0.39 is 0 Å². The molecule has 21 heavy (non-hydrogen) atoms. The molecule has 2 N–H and O–H groups in total. The highest BCUT2D eigenvalue weighted by Crippen LogP contribution is 2.39. The van der Waals surface area contributed by atoms with Crippen LogP contribution in [0.1, 0.15) is 0 Å². The number of pyridine rings is 1. The number of methoxy groups -OCH3 is 1. The summed E-state index contributed by atoms with van der Waals surface area (Å²) in [4.78, 5) is 4.03. The number of benzene rings is 1. The molecule has 6 heteroatoms. The summed E-state index contributed by atoms with van der Waals surface area (Å²) in [5.74, 6) is 0.820. The number of nitrogens with two attached hydrogens (primary N) is 1. The van der Waals surface area contributed by atoms with Gasteiger partial charge in [0, 0.05) is 16.8 Å². The van der Waals surface area contributed by atoms with Crippen LogP contribution < -0.4 is 10.5 Å². The van der Waals surface area contributed by atoms with Crippen molar-refractivity contribution in [2.24, 2.45) is 0 Å². The monoisotopic (exact) mass is 301 g/mol. The number of rotatable bonds is 3. The van der Waals surface area contributed by atoms with Crippen molar-refractivity contribution in [1.82, 2.24) is 10.1 Å². The highest BCUT2D eigenvalue weighted by Gasteiger charge is 2.20. The van der Waals surface area contributed by atoms with Crippen molar-refractivity contribution in [2.75, 3.05) is 12.8 Å². The van der Waals surface area contributed by atoms with E-state index in [0.29, 0.717) is 22.0 Å². The third-order valence-corrected chi connectivity index (χ3v) is 3.33. The van der Waals surface area contributed by atoms with Crippen molar-refractivity contribution in [3.05, 3.63) is 47.7 Å². The molecular weight excluding hydrogens is 290 g/mol. The Hall–Kier alpha value is -2.53. The molecule has 0 saturated heterocycles. The number of halogens is 1. The lowest BCUT2D eigenvalue weighted by Crippen LogP contribution is -1.92. The molecule has 106 valence electrons. The first-order chi connectivity index (χ1) is 10.2. The van der Waals surface area contributed by atoms with Crippen LogP contribution in [0, 0.1) is 0 Å². The summed E-state index contributed by atoms with van der Waals surface area (Å²) in [7, 11) is 1.57. The summed E-state index contributed by atoms with van der Waals surface area (Å²) >= 11 is 6.04. The Labute approximate surface area is 126 Å². The van der Waals surface area contributed by atoms with Gasteiger partial charge in [-0.15, -0.1) is 0 Å². The number of hydrogen-bond acceptors (Lipinski definition) is 5. The molecule has 0 aliphatic carbocycles. The predicted octanol–water partition coefficient (Wildman–Crippen LogP) is 3.65. The minimum Gasteiger partial charge on any atom is -0.494 e. The predicted molar refractivity (Wildman–Crippen MR) is 81.1 cm³/mol. The van der Waals surface area contributed by atoms with Crippen LogP contribution in [-0.2, 0) is 0 Å². The molecule has 0 radical (unpaired) electrons. The van der Waals surface area contributed by atoms with Crippen molar-refractivity contribution >= 4 is 17.5 Å². The molecule has 1 aromatic carbocycles. The maximum absolute atomic E-state index is 6.04. The molecule has 3 rings (SSSR count). The smallest absolute Gasteiger partial charge is 0.230 e. The van der Waals surface area contributed by atoms with Crippen molar-refractivity contribution in [2.45, 2.75) is 0 Å². The van der Waals surface area contributed by atoms with Crippen molar-refractivity contribution in [3.63, 3.8) is 0 Å². The molecule has 0 aliphatic heterocycles. The van der Waals surface area contributed by atoms with Crippen molar-refractivity contribution in [3.8, 4) is 28.1 Å². The molecule has 0 bridgehead atoms. The van der Waals surface area contributed by atoms with Gasteiger partial charge in [0.05, 0.1) is 18.9 Å². The van der Waals surface area contributed by atoms with Gasteiger partial charge in [-0.05, 0) is 23.8 Å². The third-order valence-electron chi connectivity index (χ3n) is 3.09. The normalized spacial score (nSPS) is 10.6. The molecular formula is C15H12ClN3O2. The van der Waals surface area contributed by atoms with E-state index in [-0.39, 0.29) is 5.88 Å². The van der Waals surface area contributed by atoms with Gasteiger partial charge in [0.1, 0.15) is 11.4 Å². The first-order valence-corrected chi connectivity index (χ1v) is 6.58. The maximum atomic E-state index is 6.04. The molecule has 3 aromatic rings. The van der Waals surface area contributed by atoms with Gasteiger partial charge in [0.15, 0.2) is 0 Å². The van der Waals surface area contributed by atoms with E-state index in [9.17, 15) is 0 Å². The quantitative estimate of drug-likeness (QED) is 0.799. The number of nitrogen functional groups attached to an aromatic ring is 1. The SMILES string of the molecule is COc1cnccc1-c1noc(N)c1-c1cccc(Cl)c1. The fourth-order valence-electron chi connectivity index (χ4n) is 2.15. The summed E-state index contributed by atoms with van der Waals surface area (Å²) in [6, 6.07) is 9.14. The third kappa shape index (κ3) is 2.43. The van der Waals surface area contributed by atoms with E-state index in [1.807, 2.05) is 18.2 Å². The van der Waals surface area contributed by atoms with Gasteiger partial charge in [-0.25, -0.2) is 0 Å². The topological polar surface area (TPSA) is 74.2 Å². The van der Waals surface area contributed by atoms with Gasteiger partial charge in [-0.3, -0.25) is 4.98 Å². The molecule has 5 nitrogen and oxygen atoms in total. The molecule has 2 aromatic heterocycles. The van der Waals surface area contributed by atoms with Crippen molar-refractivity contribution in [1.29, 1.82) is 0 Å². The molecule has 0 saturated carbocycles. The molecule has 2 heterocycles. The largest absolute Gasteiger partial charge is 0.494 e. The molecule has 0 spiro atoms. The van der Waals surface area contributed by atoms with E-state index in [0.717, 1.165) is 11.1 Å². The average Bonchev–Trinajstić information content (AvgIpc) is 2.88. The molecule has 0 fully saturated rings. The summed E-state index contributed by atoms with van der Waals surface area (Å²) in [5, 5.41) is 4.66. The number of anilines is 1. The first kappa shape index (κ1) is 13.5. The zero-order valence-corrected chi connectivity index (χ0v) is 12.0. The van der Waals surface area contributed by atoms with Crippen LogP contribution in [0.15, 0.2) is 47.2 Å². The van der Waals surface area contributed by atoms with E-state index in [4.69, 9.17) is 26.6 Å². The second-order valence-electron chi connectivity index (χ2n) is 4.36. The van der Waals surface area contributed by atoms with Crippen LogP contribution in [0.2, 0.25) is 5.02 Å². The summed E-state index contributed by atoms with van der Waals surface area (Å²) < 4.78 is 10.5. The van der Waals surface area contributed by atoms with Crippen molar-refractivity contribution < 1.29 is 9.26 Å². The fraction of sp³-hybridized carbons (Fsp3) is 0.0667. The molecule has 0 aliphatic rings. The average molecular weight is 302 g/mol. The maximum Gasteiger partial charge on any atom is 0.230 e. The Morgan fingerprint density at radius 3 is 2.90 bits per heavy atom. The fourth-order valence-corrected chi connectivity index (χ4v) is 2.34. The Morgan fingerprint density at radius 2 is 2.14 bits per heavy atom. The van der Waals surface area contributed by atoms with E-state index in [2.05, 4.69) is 10.1 Å². The van der Waals surface area contributed by atoms with Crippen LogP contribution in [0.4, 0.5) is 5.88 Å². The first-order valence-electron chi connectivity index (χ1n) is 6.20. The van der Waals surface area contributed by atoms with Gasteiger partial charge in [-0.1, -0.05) is 28.9 Å². The van der Waals surface area contributed by atoms with Crippen LogP contribution in [-0.4, -0.2) is 17.3 Å². The van der Waals surface area contributed by atoms with E-state index in [1.165, 1.54) is 0 Å². The zero-order chi connectivity index (χ0) is 14.8. The van der Waals surface area contributed by atoms with Crippen LogP contribution >= 0.6 is 11.6 Å². The van der Waals surface area contributed by atoms with Gasteiger partial charge in [-0.2, -0.15) is 0 Å². The number of hydrogen-bond donors (Lipinski definition) is 1. The number of nitrogens with zero attached hydrogens (tertiary/aromatic N) is 2. The van der Waals surface area contributed by atoms with E-state index >= 15 is 0 Å². The van der Waals surface area contributed by atoms with Gasteiger partial charge in [0.2, 0.25) is 5.88 Å². The Bertz CT molecular complexity index is 786. The lowest BCUT2D eigenvalue weighted by atomic mass is 10.0. The minimum absolute atomic E-state index is 0.228. The standard InChI is InChI=1S/C15H12ClN3O2/c1-20-12-8-18-6-5-11(12)14-13(15(17)21-19-14)9-3-2-4-10(16)7-9/h2-8H,17H2,1H3. The molecule has 0 atom stereocenters. The lowest BCUT2D eigenvalue weighted by Gasteiger charge is -2.07. The number of aromatic nitrogens is 2. The highest BCUT2D eigenvalue weighted by atomic mass is 35.5. The highest BCUT2D eigenvalue weighted by molar-refractivity contribution is 6.30. The molecule has 0 unspecified atom stereocenters. The summed E-state index contributed by atoms with van der Waals surface area (Å²) in [6.45, 7) is 0. The second kappa shape index (κ2) is 5.46. The van der Waals surface area contributed by atoms with Gasteiger partial charge >= 0.3 is 0 Å².